The Kier molecular flexibility index (Phi) is 5.04. The highest BCUT2D eigenvalue weighted by atomic mass is 32.2. The van der Waals surface area contributed by atoms with Crippen molar-refractivity contribution >= 4 is 11.8 Å². The average molecular weight is 213 g/mol. The van der Waals surface area contributed by atoms with Gasteiger partial charge in [-0.3, -0.25) is 4.68 Å². The molecule has 0 radical (unpaired) electrons. The third kappa shape index (κ3) is 3.72. The van der Waals surface area contributed by atoms with Gasteiger partial charge in [-0.25, -0.2) is 0 Å². The zero-order chi connectivity index (χ0) is 10.4. The van der Waals surface area contributed by atoms with E-state index in [0.717, 1.165) is 12.2 Å². The van der Waals surface area contributed by atoms with Crippen LogP contribution in [0.4, 0.5) is 0 Å². The number of nitrogens with zero attached hydrogens (tertiary/aromatic N) is 2. The fraction of sp³-hybridized carbons (Fsp3) is 0.700. The minimum Gasteiger partial charge on any atom is -0.307 e. The zero-order valence-electron chi connectivity index (χ0n) is 9.16. The Morgan fingerprint density at radius 1 is 1.64 bits per heavy atom. The number of thioether (sulfide) groups is 1. The highest BCUT2D eigenvalue weighted by Gasteiger charge is 2.05. The van der Waals surface area contributed by atoms with Crippen LogP contribution in [-0.4, -0.2) is 27.8 Å². The molecule has 1 aromatic heterocycles. The van der Waals surface area contributed by atoms with Crippen LogP contribution in [-0.2, 0) is 13.6 Å². The maximum absolute atomic E-state index is 4.32. The summed E-state index contributed by atoms with van der Waals surface area (Å²) in [6.45, 7) is 3.09. The first-order valence-corrected chi connectivity index (χ1v) is 6.36. The van der Waals surface area contributed by atoms with Crippen LogP contribution in [0.3, 0.4) is 0 Å². The van der Waals surface area contributed by atoms with E-state index in [-0.39, 0.29) is 0 Å². The smallest absolute Gasteiger partial charge is 0.0762 e. The van der Waals surface area contributed by atoms with Crippen molar-refractivity contribution in [3.63, 3.8) is 0 Å². The van der Waals surface area contributed by atoms with Gasteiger partial charge in [0.05, 0.1) is 5.69 Å². The molecule has 0 saturated carbocycles. The first-order chi connectivity index (χ1) is 6.76. The van der Waals surface area contributed by atoms with E-state index in [9.17, 15) is 0 Å². The molecule has 1 unspecified atom stereocenters. The number of hydrogen-bond donors (Lipinski definition) is 1. The minimum atomic E-state index is 0.604. The highest BCUT2D eigenvalue weighted by Crippen LogP contribution is 2.02. The number of aryl methyl sites for hydroxylation is 1. The van der Waals surface area contributed by atoms with Crippen LogP contribution >= 0.6 is 11.8 Å². The Hall–Kier alpha value is -0.480. The highest BCUT2D eigenvalue weighted by molar-refractivity contribution is 7.98. The van der Waals surface area contributed by atoms with Crippen molar-refractivity contribution in [1.82, 2.24) is 15.1 Å². The fourth-order valence-electron chi connectivity index (χ4n) is 1.33. The quantitative estimate of drug-likeness (QED) is 0.779. The predicted octanol–water partition coefficient (Wildman–Crippen LogP) is 1.65. The van der Waals surface area contributed by atoms with Crippen LogP contribution < -0.4 is 5.32 Å². The Labute approximate surface area is 90.3 Å². The lowest BCUT2D eigenvalue weighted by molar-refractivity contribution is 0.532. The molecule has 0 aliphatic carbocycles. The molecule has 3 nitrogen and oxygen atoms in total. The molecule has 0 saturated heterocycles. The van der Waals surface area contributed by atoms with E-state index in [4.69, 9.17) is 0 Å². The van der Waals surface area contributed by atoms with E-state index < -0.39 is 0 Å². The van der Waals surface area contributed by atoms with Gasteiger partial charge in [-0.15, -0.1) is 0 Å². The van der Waals surface area contributed by atoms with Gasteiger partial charge in [0, 0.05) is 31.6 Å². The van der Waals surface area contributed by atoms with E-state index in [2.05, 4.69) is 29.7 Å². The lowest BCUT2D eigenvalue weighted by Crippen LogP contribution is -2.30. The topological polar surface area (TPSA) is 29.9 Å². The van der Waals surface area contributed by atoms with Gasteiger partial charge in [0.25, 0.3) is 0 Å². The molecule has 0 spiro atoms. The van der Waals surface area contributed by atoms with Gasteiger partial charge in [-0.2, -0.15) is 16.9 Å². The Morgan fingerprint density at radius 2 is 2.43 bits per heavy atom. The van der Waals surface area contributed by atoms with Gasteiger partial charge in [0.15, 0.2) is 0 Å². The summed E-state index contributed by atoms with van der Waals surface area (Å²) in [6, 6.07) is 2.66. The van der Waals surface area contributed by atoms with Gasteiger partial charge >= 0.3 is 0 Å². The van der Waals surface area contributed by atoms with Crippen LogP contribution in [0, 0.1) is 0 Å². The van der Waals surface area contributed by atoms with Crippen molar-refractivity contribution in [2.45, 2.75) is 25.9 Å². The Balaban J connectivity index is 2.31. The molecule has 1 heterocycles. The standard InChI is InChI=1S/C10H19N3S/c1-4-9(8-14-3)11-7-10-5-6-13(2)12-10/h5-6,9,11H,4,7-8H2,1-3H3. The van der Waals surface area contributed by atoms with Gasteiger partial charge < -0.3 is 5.32 Å². The SMILES string of the molecule is CCC(CSC)NCc1ccn(C)n1. The van der Waals surface area contributed by atoms with Gasteiger partial charge in [-0.1, -0.05) is 6.92 Å². The van der Waals surface area contributed by atoms with Crippen LogP contribution in [0.5, 0.6) is 0 Å². The molecule has 1 atom stereocenters. The second-order valence-corrected chi connectivity index (χ2v) is 4.33. The van der Waals surface area contributed by atoms with Gasteiger partial charge in [0.1, 0.15) is 0 Å². The molecule has 0 fully saturated rings. The molecular formula is C10H19N3S. The third-order valence-corrected chi connectivity index (χ3v) is 2.94. The van der Waals surface area contributed by atoms with E-state index in [1.165, 1.54) is 12.2 Å². The average Bonchev–Trinajstić information content (AvgIpc) is 2.59. The summed E-state index contributed by atoms with van der Waals surface area (Å²) in [5, 5.41) is 7.83. The van der Waals surface area contributed by atoms with Crippen LogP contribution in [0.25, 0.3) is 0 Å². The number of nitrogens with one attached hydrogen (secondary N) is 1. The van der Waals surface area contributed by atoms with Crippen molar-refractivity contribution in [3.05, 3.63) is 18.0 Å². The van der Waals surface area contributed by atoms with Crippen molar-refractivity contribution in [2.75, 3.05) is 12.0 Å². The van der Waals surface area contributed by atoms with Crippen molar-refractivity contribution in [3.8, 4) is 0 Å². The maximum Gasteiger partial charge on any atom is 0.0762 e. The molecule has 1 aromatic rings. The zero-order valence-corrected chi connectivity index (χ0v) is 9.97. The van der Waals surface area contributed by atoms with E-state index in [1.54, 1.807) is 0 Å². The molecule has 0 aromatic carbocycles. The third-order valence-electron chi connectivity index (χ3n) is 2.20. The first kappa shape index (κ1) is 11.6. The van der Waals surface area contributed by atoms with Crippen LogP contribution in [0.15, 0.2) is 12.3 Å². The molecule has 0 amide bonds. The molecule has 14 heavy (non-hydrogen) atoms. The molecule has 0 aliphatic rings. The summed E-state index contributed by atoms with van der Waals surface area (Å²) in [5.41, 5.74) is 1.12. The molecule has 4 heteroatoms. The molecule has 0 bridgehead atoms. The second-order valence-electron chi connectivity index (χ2n) is 3.42. The monoisotopic (exact) mass is 213 g/mol. The summed E-state index contributed by atoms with van der Waals surface area (Å²) >= 11 is 1.89. The summed E-state index contributed by atoms with van der Waals surface area (Å²) in [5.74, 6) is 1.17. The van der Waals surface area contributed by atoms with E-state index in [1.807, 2.05) is 29.7 Å². The van der Waals surface area contributed by atoms with Crippen molar-refractivity contribution in [2.24, 2.45) is 7.05 Å². The van der Waals surface area contributed by atoms with Crippen molar-refractivity contribution in [1.29, 1.82) is 0 Å². The first-order valence-electron chi connectivity index (χ1n) is 4.97. The summed E-state index contributed by atoms with van der Waals surface area (Å²) < 4.78 is 1.84. The van der Waals surface area contributed by atoms with E-state index >= 15 is 0 Å². The summed E-state index contributed by atoms with van der Waals surface area (Å²) in [7, 11) is 1.95. The summed E-state index contributed by atoms with van der Waals surface area (Å²) in [6.07, 6.45) is 5.30. The second kappa shape index (κ2) is 6.09. The van der Waals surface area contributed by atoms with Crippen molar-refractivity contribution < 1.29 is 0 Å². The maximum atomic E-state index is 4.32. The molecule has 0 aliphatic heterocycles. The lowest BCUT2D eigenvalue weighted by Gasteiger charge is -2.14. The van der Waals surface area contributed by atoms with Crippen LogP contribution in [0.1, 0.15) is 19.0 Å². The van der Waals surface area contributed by atoms with E-state index in [0.29, 0.717) is 6.04 Å². The minimum absolute atomic E-state index is 0.604. The lowest BCUT2D eigenvalue weighted by atomic mass is 10.2. The number of aromatic nitrogens is 2. The fourth-order valence-corrected chi connectivity index (χ4v) is 2.08. The molecular weight excluding hydrogens is 194 g/mol. The van der Waals surface area contributed by atoms with Gasteiger partial charge in [0.2, 0.25) is 0 Å². The summed E-state index contributed by atoms with van der Waals surface area (Å²) in [4.78, 5) is 0. The molecule has 80 valence electrons. The van der Waals surface area contributed by atoms with Gasteiger partial charge in [-0.05, 0) is 18.7 Å². The molecule has 1 rings (SSSR count). The number of rotatable bonds is 6. The normalized spacial score (nSPS) is 13.1. The number of hydrogen-bond acceptors (Lipinski definition) is 3. The molecule has 1 N–H and O–H groups in total. The predicted molar refractivity (Wildman–Crippen MR) is 62.5 cm³/mol. The van der Waals surface area contributed by atoms with Crippen LogP contribution in [0.2, 0.25) is 0 Å². The Bertz CT molecular complexity index is 260. The Morgan fingerprint density at radius 3 is 2.93 bits per heavy atom. The largest absolute Gasteiger partial charge is 0.307 e.